The van der Waals surface area contributed by atoms with Crippen LogP contribution in [0.25, 0.3) is 11.3 Å². The molecule has 0 saturated carbocycles. The normalized spacial score (nSPS) is 16.2. The molecule has 2 heterocycles. The van der Waals surface area contributed by atoms with Crippen LogP contribution in [0.5, 0.6) is 0 Å². The highest BCUT2D eigenvalue weighted by molar-refractivity contribution is 5.76. The third-order valence-electron chi connectivity index (χ3n) is 5.03. The molecule has 1 aromatic heterocycles. The van der Waals surface area contributed by atoms with Crippen molar-refractivity contribution in [2.24, 2.45) is 5.41 Å². The maximum Gasteiger partial charge on any atom is 0.220 e. The molecule has 0 bridgehead atoms. The fraction of sp³-hybridized carbons (Fsp3) is 0.500. The van der Waals surface area contributed by atoms with Crippen molar-refractivity contribution >= 4 is 5.91 Å². The Morgan fingerprint density at radius 2 is 2.15 bits per heavy atom. The summed E-state index contributed by atoms with van der Waals surface area (Å²) < 4.78 is 24.8. The van der Waals surface area contributed by atoms with E-state index < -0.39 is 0 Å². The summed E-state index contributed by atoms with van der Waals surface area (Å²) in [5.74, 6) is 0.396. The zero-order valence-corrected chi connectivity index (χ0v) is 15.6. The number of ether oxygens (including phenoxy) is 1. The number of aromatic nitrogens is 1. The number of amides is 1. The van der Waals surface area contributed by atoms with Crippen molar-refractivity contribution in [3.05, 3.63) is 42.2 Å². The molecule has 7 heteroatoms. The van der Waals surface area contributed by atoms with E-state index in [0.29, 0.717) is 36.8 Å². The minimum atomic E-state index is -0.358. The fourth-order valence-corrected chi connectivity index (χ4v) is 3.44. The largest absolute Gasteiger partial charge is 0.441 e. The molecule has 2 aromatic rings. The summed E-state index contributed by atoms with van der Waals surface area (Å²) >= 11 is 0. The van der Waals surface area contributed by atoms with Gasteiger partial charge in [-0.1, -0.05) is 12.1 Å². The number of nitrogens with one attached hydrogen (secondary N) is 2. The van der Waals surface area contributed by atoms with Gasteiger partial charge in [0.2, 0.25) is 5.91 Å². The van der Waals surface area contributed by atoms with Crippen LogP contribution in [-0.2, 0) is 16.0 Å². The quantitative estimate of drug-likeness (QED) is 0.742. The predicted molar refractivity (Wildman–Crippen MR) is 99.6 cm³/mol. The van der Waals surface area contributed by atoms with Crippen LogP contribution in [0.3, 0.4) is 0 Å². The van der Waals surface area contributed by atoms with Gasteiger partial charge in [-0.3, -0.25) is 4.79 Å². The highest BCUT2D eigenvalue weighted by Crippen LogP contribution is 2.28. The highest BCUT2D eigenvalue weighted by atomic mass is 19.1. The SMILES string of the molecule is COCC1(CNC(=O)CCc2ncc(-c3ccccc3F)o2)CCNCC1. The number of hydrogen-bond donors (Lipinski definition) is 2. The standard InChI is InChI=1S/C20H26FN3O3/c1-26-14-20(8-10-22-11-9-20)13-24-18(25)6-7-19-23-12-17(27-19)15-4-2-3-5-16(15)21/h2-5,12,22H,6-11,13-14H2,1H3,(H,24,25). The summed E-state index contributed by atoms with van der Waals surface area (Å²) in [5.41, 5.74) is 0.365. The minimum Gasteiger partial charge on any atom is -0.441 e. The zero-order chi connectivity index (χ0) is 19.1. The third kappa shape index (κ3) is 5.14. The molecule has 27 heavy (non-hydrogen) atoms. The van der Waals surface area contributed by atoms with Crippen LogP contribution < -0.4 is 10.6 Å². The summed E-state index contributed by atoms with van der Waals surface area (Å²) in [6, 6.07) is 6.38. The van der Waals surface area contributed by atoms with Crippen LogP contribution in [0.2, 0.25) is 0 Å². The van der Waals surface area contributed by atoms with Crippen LogP contribution in [0.1, 0.15) is 25.2 Å². The number of oxazole rings is 1. The van der Waals surface area contributed by atoms with E-state index in [1.54, 1.807) is 25.3 Å². The molecular formula is C20H26FN3O3. The van der Waals surface area contributed by atoms with E-state index in [2.05, 4.69) is 15.6 Å². The van der Waals surface area contributed by atoms with Crippen molar-refractivity contribution in [3.63, 3.8) is 0 Å². The Morgan fingerprint density at radius 1 is 1.37 bits per heavy atom. The molecule has 2 N–H and O–H groups in total. The first-order chi connectivity index (χ1) is 13.1. The highest BCUT2D eigenvalue weighted by Gasteiger charge is 2.32. The lowest BCUT2D eigenvalue weighted by Crippen LogP contribution is -2.47. The number of nitrogens with zero attached hydrogens (tertiary/aromatic N) is 1. The average Bonchev–Trinajstić information content (AvgIpc) is 3.15. The van der Waals surface area contributed by atoms with E-state index in [9.17, 15) is 9.18 Å². The number of methoxy groups -OCH3 is 1. The fourth-order valence-electron chi connectivity index (χ4n) is 3.44. The molecule has 0 spiro atoms. The van der Waals surface area contributed by atoms with E-state index in [4.69, 9.17) is 9.15 Å². The van der Waals surface area contributed by atoms with Gasteiger partial charge in [-0.2, -0.15) is 0 Å². The summed E-state index contributed by atoms with van der Waals surface area (Å²) in [7, 11) is 1.70. The Hall–Kier alpha value is -2.25. The number of hydrogen-bond acceptors (Lipinski definition) is 5. The third-order valence-corrected chi connectivity index (χ3v) is 5.03. The Bertz CT molecular complexity index is 751. The lowest BCUT2D eigenvalue weighted by molar-refractivity contribution is -0.122. The molecule has 0 unspecified atom stereocenters. The zero-order valence-electron chi connectivity index (χ0n) is 15.6. The lowest BCUT2D eigenvalue weighted by atomic mass is 9.79. The Kier molecular flexibility index (Phi) is 6.58. The van der Waals surface area contributed by atoms with Gasteiger partial charge in [0, 0.05) is 31.9 Å². The van der Waals surface area contributed by atoms with Gasteiger partial charge in [-0.05, 0) is 38.1 Å². The second-order valence-corrected chi connectivity index (χ2v) is 7.06. The maximum atomic E-state index is 13.8. The van der Waals surface area contributed by atoms with Crippen LogP contribution in [0, 0.1) is 11.2 Å². The van der Waals surface area contributed by atoms with Gasteiger partial charge in [0.05, 0.1) is 18.4 Å². The number of rotatable bonds is 8. The summed E-state index contributed by atoms with van der Waals surface area (Å²) in [6.07, 6.45) is 4.10. The topological polar surface area (TPSA) is 76.4 Å². The molecule has 1 amide bonds. The van der Waals surface area contributed by atoms with E-state index in [0.717, 1.165) is 25.9 Å². The van der Waals surface area contributed by atoms with Crippen molar-refractivity contribution < 1.29 is 18.3 Å². The summed E-state index contributed by atoms with van der Waals surface area (Å²) in [6.45, 7) is 3.12. The second kappa shape index (κ2) is 9.10. The average molecular weight is 375 g/mol. The first kappa shape index (κ1) is 19.5. The molecule has 0 radical (unpaired) electrons. The van der Waals surface area contributed by atoms with Gasteiger partial charge in [0.15, 0.2) is 11.7 Å². The molecule has 1 aliphatic rings. The van der Waals surface area contributed by atoms with Gasteiger partial charge in [-0.15, -0.1) is 0 Å². The van der Waals surface area contributed by atoms with Crippen molar-refractivity contribution in [1.82, 2.24) is 15.6 Å². The molecule has 0 aliphatic carbocycles. The van der Waals surface area contributed by atoms with Gasteiger partial charge in [0.25, 0.3) is 0 Å². The number of carbonyl (C=O) groups excluding carboxylic acids is 1. The minimum absolute atomic E-state index is 0.00338. The van der Waals surface area contributed by atoms with E-state index in [-0.39, 0.29) is 23.6 Å². The molecule has 3 rings (SSSR count). The molecule has 146 valence electrons. The van der Waals surface area contributed by atoms with E-state index >= 15 is 0 Å². The van der Waals surface area contributed by atoms with Crippen molar-refractivity contribution in [2.45, 2.75) is 25.7 Å². The lowest BCUT2D eigenvalue weighted by Gasteiger charge is -2.37. The van der Waals surface area contributed by atoms with Gasteiger partial charge >= 0.3 is 0 Å². The van der Waals surface area contributed by atoms with Crippen molar-refractivity contribution in [1.29, 1.82) is 0 Å². The van der Waals surface area contributed by atoms with Crippen LogP contribution >= 0.6 is 0 Å². The molecule has 6 nitrogen and oxygen atoms in total. The Morgan fingerprint density at radius 3 is 2.89 bits per heavy atom. The maximum absolute atomic E-state index is 13.8. The first-order valence-electron chi connectivity index (χ1n) is 9.28. The molecule has 1 fully saturated rings. The molecule has 1 aliphatic heterocycles. The van der Waals surface area contributed by atoms with Crippen LogP contribution in [0.15, 0.2) is 34.9 Å². The number of benzene rings is 1. The Balaban J connectivity index is 1.50. The number of halogens is 1. The number of piperidine rings is 1. The molecule has 1 saturated heterocycles. The summed E-state index contributed by atoms with van der Waals surface area (Å²) in [5, 5.41) is 6.36. The molecule has 0 atom stereocenters. The van der Waals surface area contributed by atoms with Crippen molar-refractivity contribution in [2.75, 3.05) is 33.4 Å². The Labute approximate surface area is 158 Å². The van der Waals surface area contributed by atoms with Crippen molar-refractivity contribution in [3.8, 4) is 11.3 Å². The van der Waals surface area contributed by atoms with Gasteiger partial charge in [-0.25, -0.2) is 9.37 Å². The molecule has 1 aromatic carbocycles. The first-order valence-corrected chi connectivity index (χ1v) is 9.28. The monoisotopic (exact) mass is 375 g/mol. The second-order valence-electron chi connectivity index (χ2n) is 7.06. The van der Waals surface area contributed by atoms with Gasteiger partial charge < -0.3 is 19.8 Å². The van der Waals surface area contributed by atoms with E-state index in [1.165, 1.54) is 12.3 Å². The smallest absolute Gasteiger partial charge is 0.220 e. The van der Waals surface area contributed by atoms with Crippen LogP contribution in [0.4, 0.5) is 4.39 Å². The van der Waals surface area contributed by atoms with Crippen LogP contribution in [-0.4, -0.2) is 44.2 Å². The summed E-state index contributed by atoms with van der Waals surface area (Å²) in [4.78, 5) is 16.4. The van der Waals surface area contributed by atoms with E-state index in [1.807, 2.05) is 0 Å². The predicted octanol–water partition coefficient (Wildman–Crippen LogP) is 2.55. The van der Waals surface area contributed by atoms with Gasteiger partial charge in [0.1, 0.15) is 5.82 Å². The molecular weight excluding hydrogens is 349 g/mol. The number of aryl methyl sites for hydroxylation is 1. The number of carbonyl (C=O) groups is 1.